The third-order valence-electron chi connectivity index (χ3n) is 5.40. The van der Waals surface area contributed by atoms with Crippen molar-refractivity contribution in [2.45, 2.75) is 32.2 Å². The molecule has 1 unspecified atom stereocenters. The van der Waals surface area contributed by atoms with Gasteiger partial charge in [0.15, 0.2) is 5.96 Å². The van der Waals surface area contributed by atoms with Crippen LogP contribution in [-0.2, 0) is 6.42 Å². The second kappa shape index (κ2) is 11.9. The Morgan fingerprint density at radius 3 is 2.63 bits per heavy atom. The quantitative estimate of drug-likeness (QED) is 0.289. The van der Waals surface area contributed by atoms with Crippen LogP contribution in [0.3, 0.4) is 0 Å². The van der Waals surface area contributed by atoms with Gasteiger partial charge in [-0.15, -0.1) is 24.0 Å². The van der Waals surface area contributed by atoms with E-state index in [0.717, 1.165) is 24.6 Å². The molecule has 1 atom stereocenters. The fraction of sp³-hybridized carbons (Fsp3) is 0.435. The van der Waals surface area contributed by atoms with Gasteiger partial charge in [0.2, 0.25) is 0 Å². The van der Waals surface area contributed by atoms with Crippen LogP contribution in [0.4, 0.5) is 5.69 Å². The van der Waals surface area contributed by atoms with Crippen molar-refractivity contribution in [3.8, 4) is 11.5 Å². The molecule has 0 aromatic heterocycles. The molecule has 3 rings (SSSR count). The molecule has 2 aromatic rings. The molecular weight excluding hydrogens is 491 g/mol. The zero-order valence-corrected chi connectivity index (χ0v) is 20.3. The molecule has 0 spiro atoms. The number of phenols is 1. The number of methoxy groups -OCH3 is 1. The minimum atomic E-state index is 0. The van der Waals surface area contributed by atoms with E-state index in [1.165, 1.54) is 24.1 Å². The number of nitrogens with one attached hydrogen (secondary N) is 2. The lowest BCUT2D eigenvalue weighted by atomic mass is 10.1. The summed E-state index contributed by atoms with van der Waals surface area (Å²) in [6.45, 7) is 5.10. The van der Waals surface area contributed by atoms with E-state index in [4.69, 9.17) is 4.74 Å². The lowest BCUT2D eigenvalue weighted by Crippen LogP contribution is -2.39. The maximum Gasteiger partial charge on any atom is 0.191 e. The molecule has 0 saturated carbocycles. The fourth-order valence-corrected chi connectivity index (χ4v) is 3.65. The maximum absolute atomic E-state index is 10.1. The van der Waals surface area contributed by atoms with Crippen molar-refractivity contribution in [2.24, 2.45) is 4.99 Å². The summed E-state index contributed by atoms with van der Waals surface area (Å²) in [7, 11) is 3.36. The van der Waals surface area contributed by atoms with Gasteiger partial charge in [0, 0.05) is 38.4 Å². The molecule has 0 radical (unpaired) electrons. The van der Waals surface area contributed by atoms with Gasteiger partial charge < -0.3 is 25.4 Å². The average Bonchev–Trinajstić information content (AvgIpc) is 3.29. The van der Waals surface area contributed by atoms with E-state index >= 15 is 0 Å². The summed E-state index contributed by atoms with van der Waals surface area (Å²) in [4.78, 5) is 6.78. The Hall–Kier alpha value is -2.16. The number of nitrogens with zero attached hydrogens (tertiary/aromatic N) is 2. The van der Waals surface area contributed by atoms with Crippen molar-refractivity contribution >= 4 is 35.6 Å². The predicted octanol–water partition coefficient (Wildman–Crippen LogP) is 4.09. The number of ether oxygens (including phenoxy) is 1. The molecule has 1 fully saturated rings. The fourth-order valence-electron chi connectivity index (χ4n) is 3.65. The molecule has 0 aliphatic carbocycles. The van der Waals surface area contributed by atoms with Crippen LogP contribution in [0.1, 0.15) is 36.9 Å². The van der Waals surface area contributed by atoms with Crippen LogP contribution < -0.4 is 20.3 Å². The van der Waals surface area contributed by atoms with Gasteiger partial charge in [-0.05, 0) is 55.5 Å². The van der Waals surface area contributed by atoms with Crippen LogP contribution in [0, 0.1) is 0 Å². The Bertz CT molecular complexity index is 838. The third-order valence-corrected chi connectivity index (χ3v) is 5.40. The minimum Gasteiger partial charge on any atom is -0.508 e. The van der Waals surface area contributed by atoms with Crippen molar-refractivity contribution in [2.75, 3.05) is 38.7 Å². The maximum atomic E-state index is 10.1. The summed E-state index contributed by atoms with van der Waals surface area (Å²) >= 11 is 0. The molecule has 1 aliphatic rings. The van der Waals surface area contributed by atoms with E-state index in [2.05, 4.69) is 51.7 Å². The zero-order valence-electron chi connectivity index (χ0n) is 18.0. The van der Waals surface area contributed by atoms with Gasteiger partial charge in [-0.25, -0.2) is 0 Å². The number of guanidine groups is 1. The molecule has 1 saturated heterocycles. The molecule has 30 heavy (non-hydrogen) atoms. The number of rotatable bonds is 7. The standard InChI is InChI=1S/C23H32N4O2.HI/c1-17(19-7-6-8-20(15-19)27-13-4-5-14-27)26-23(24-2)25-12-11-18-9-10-21(29-3)16-22(18)28;/h6-10,15-17,28H,4-5,11-14H2,1-3H3,(H2,24,25,26);1H. The lowest BCUT2D eigenvalue weighted by Gasteiger charge is -2.22. The second-order valence-electron chi connectivity index (χ2n) is 7.40. The monoisotopic (exact) mass is 524 g/mol. The number of phenolic OH excluding ortho intramolecular Hbond substituents is 1. The molecule has 3 N–H and O–H groups in total. The number of hydrogen-bond acceptors (Lipinski definition) is 4. The third kappa shape index (κ3) is 6.42. The van der Waals surface area contributed by atoms with Gasteiger partial charge in [-0.3, -0.25) is 4.99 Å². The average molecular weight is 524 g/mol. The number of aromatic hydroxyl groups is 1. The molecule has 7 heteroatoms. The van der Waals surface area contributed by atoms with Crippen molar-refractivity contribution in [1.82, 2.24) is 10.6 Å². The van der Waals surface area contributed by atoms with Crippen LogP contribution in [0.5, 0.6) is 11.5 Å². The summed E-state index contributed by atoms with van der Waals surface area (Å²) < 4.78 is 5.13. The first kappa shape index (κ1) is 24.1. The Labute approximate surface area is 196 Å². The highest BCUT2D eigenvalue weighted by Gasteiger charge is 2.14. The van der Waals surface area contributed by atoms with Gasteiger partial charge >= 0.3 is 0 Å². The highest BCUT2D eigenvalue weighted by atomic mass is 127. The number of benzene rings is 2. The molecule has 0 amide bonds. The molecule has 1 aliphatic heterocycles. The van der Waals surface area contributed by atoms with Crippen LogP contribution in [-0.4, -0.2) is 44.9 Å². The zero-order chi connectivity index (χ0) is 20.6. The van der Waals surface area contributed by atoms with Gasteiger partial charge in [0.25, 0.3) is 0 Å². The van der Waals surface area contributed by atoms with Crippen LogP contribution in [0.2, 0.25) is 0 Å². The summed E-state index contributed by atoms with van der Waals surface area (Å²) in [6, 6.07) is 14.3. The first-order valence-corrected chi connectivity index (χ1v) is 10.3. The molecular formula is C23H33IN4O2. The second-order valence-corrected chi connectivity index (χ2v) is 7.40. The van der Waals surface area contributed by atoms with Crippen molar-refractivity contribution in [1.29, 1.82) is 0 Å². The van der Waals surface area contributed by atoms with E-state index in [1.807, 2.05) is 12.1 Å². The number of anilines is 1. The first-order valence-electron chi connectivity index (χ1n) is 10.3. The molecule has 2 aromatic carbocycles. The summed E-state index contributed by atoms with van der Waals surface area (Å²) in [5, 5.41) is 16.9. The Morgan fingerprint density at radius 2 is 1.97 bits per heavy atom. The lowest BCUT2D eigenvalue weighted by molar-refractivity contribution is 0.406. The molecule has 6 nitrogen and oxygen atoms in total. The van der Waals surface area contributed by atoms with E-state index < -0.39 is 0 Å². The minimum absolute atomic E-state index is 0. The van der Waals surface area contributed by atoms with Crippen molar-refractivity contribution in [3.05, 3.63) is 53.6 Å². The normalized spacial score (nSPS) is 14.8. The Kier molecular flexibility index (Phi) is 9.55. The molecule has 1 heterocycles. The van der Waals surface area contributed by atoms with Crippen molar-refractivity contribution in [3.63, 3.8) is 0 Å². The van der Waals surface area contributed by atoms with Crippen LogP contribution >= 0.6 is 24.0 Å². The van der Waals surface area contributed by atoms with E-state index in [1.54, 1.807) is 20.2 Å². The first-order chi connectivity index (χ1) is 14.1. The summed E-state index contributed by atoms with van der Waals surface area (Å²) in [5.41, 5.74) is 3.41. The number of aliphatic imine (C=N–C) groups is 1. The molecule has 0 bridgehead atoms. The number of hydrogen-bond donors (Lipinski definition) is 3. The van der Waals surface area contributed by atoms with Gasteiger partial charge in [0.1, 0.15) is 11.5 Å². The Morgan fingerprint density at radius 1 is 1.20 bits per heavy atom. The smallest absolute Gasteiger partial charge is 0.191 e. The van der Waals surface area contributed by atoms with Crippen molar-refractivity contribution < 1.29 is 9.84 Å². The van der Waals surface area contributed by atoms with Gasteiger partial charge in [-0.1, -0.05) is 18.2 Å². The largest absolute Gasteiger partial charge is 0.508 e. The highest BCUT2D eigenvalue weighted by Crippen LogP contribution is 2.24. The predicted molar refractivity (Wildman–Crippen MR) is 135 cm³/mol. The summed E-state index contributed by atoms with van der Waals surface area (Å²) in [5.74, 6) is 1.65. The van der Waals surface area contributed by atoms with E-state index in [9.17, 15) is 5.11 Å². The van der Waals surface area contributed by atoms with Crippen LogP contribution in [0.25, 0.3) is 0 Å². The van der Waals surface area contributed by atoms with Crippen LogP contribution in [0.15, 0.2) is 47.5 Å². The van der Waals surface area contributed by atoms with Gasteiger partial charge in [0.05, 0.1) is 13.2 Å². The topological polar surface area (TPSA) is 69.1 Å². The van der Waals surface area contributed by atoms with Gasteiger partial charge in [-0.2, -0.15) is 0 Å². The number of halogens is 1. The summed E-state index contributed by atoms with van der Waals surface area (Å²) in [6.07, 6.45) is 3.24. The SMILES string of the molecule is CN=C(NCCc1ccc(OC)cc1O)NC(C)c1cccc(N2CCCC2)c1.I. The molecule has 164 valence electrons. The van der Waals surface area contributed by atoms with E-state index in [-0.39, 0.29) is 35.8 Å². The Balaban J connectivity index is 0.00000320. The highest BCUT2D eigenvalue weighted by molar-refractivity contribution is 14.0. The van der Waals surface area contributed by atoms with E-state index in [0.29, 0.717) is 18.7 Å².